The Morgan fingerprint density at radius 2 is 2.25 bits per heavy atom. The van der Waals surface area contributed by atoms with Crippen LogP contribution in [0.5, 0.6) is 0 Å². The number of hydrogen-bond donors (Lipinski definition) is 1. The van der Waals surface area contributed by atoms with Gasteiger partial charge in [-0.2, -0.15) is 10.3 Å². The second-order valence-corrected chi connectivity index (χ2v) is 1.58. The third-order valence-corrected chi connectivity index (χ3v) is 0.782. The van der Waals surface area contributed by atoms with E-state index in [1.807, 2.05) is 0 Å². The van der Waals surface area contributed by atoms with Crippen molar-refractivity contribution < 1.29 is 19.4 Å². The maximum absolute atomic E-state index is 10.7. The molecule has 64 valence electrons. The van der Waals surface area contributed by atoms with Gasteiger partial charge in [-0.1, -0.05) is 0 Å². The fourth-order valence-corrected chi connectivity index (χ4v) is 0.411. The lowest BCUT2D eigenvalue weighted by Crippen LogP contribution is -2.16. The molecule has 12 heavy (non-hydrogen) atoms. The zero-order valence-corrected chi connectivity index (χ0v) is 6.27. The van der Waals surface area contributed by atoms with Crippen LogP contribution in [0.2, 0.25) is 0 Å². The van der Waals surface area contributed by atoms with Gasteiger partial charge < -0.3 is 9.84 Å². The third kappa shape index (κ3) is 3.31. The maximum Gasteiger partial charge on any atom is 0.432 e. The first-order chi connectivity index (χ1) is 5.61. The normalized spacial score (nSPS) is 10.2. The molecule has 6 nitrogen and oxygen atoms in total. The third-order valence-electron chi connectivity index (χ3n) is 0.782. The van der Waals surface area contributed by atoms with E-state index in [1.54, 1.807) is 0 Å². The first kappa shape index (κ1) is 10.1. The van der Waals surface area contributed by atoms with Gasteiger partial charge in [-0.3, -0.25) is 0 Å². The van der Waals surface area contributed by atoms with Crippen molar-refractivity contribution in [1.29, 1.82) is 5.26 Å². The molecule has 0 aliphatic rings. The second-order valence-electron chi connectivity index (χ2n) is 1.58. The van der Waals surface area contributed by atoms with Crippen LogP contribution in [0.25, 0.3) is 0 Å². The van der Waals surface area contributed by atoms with Crippen LogP contribution in [-0.4, -0.2) is 29.5 Å². The Balaban J connectivity index is 4.48. The highest BCUT2D eigenvalue weighted by atomic mass is 16.5. The molecule has 0 rings (SSSR count). The molecule has 1 N–H and O–H groups in total. The highest BCUT2D eigenvalue weighted by Gasteiger charge is 2.12. The van der Waals surface area contributed by atoms with Crippen LogP contribution in [0.4, 0.5) is 4.79 Å². The molecule has 0 fully saturated rings. The number of rotatable bonds is 2. The summed E-state index contributed by atoms with van der Waals surface area (Å²) >= 11 is 0. The van der Waals surface area contributed by atoms with Crippen LogP contribution >= 0.6 is 0 Å². The summed E-state index contributed by atoms with van der Waals surface area (Å²) in [5.41, 5.74) is -0.760. The Kier molecular flexibility index (Phi) is 4.08. The molecule has 0 saturated heterocycles. The summed E-state index contributed by atoms with van der Waals surface area (Å²) in [6.07, 6.45) is -1.60. The minimum Gasteiger partial charge on any atom is -0.463 e. The lowest BCUT2D eigenvalue weighted by atomic mass is 10.4. The van der Waals surface area contributed by atoms with E-state index >= 15 is 0 Å². The van der Waals surface area contributed by atoms with Crippen molar-refractivity contribution in [3.63, 3.8) is 0 Å². The lowest BCUT2D eigenvalue weighted by Gasteiger charge is -1.95. The van der Waals surface area contributed by atoms with E-state index in [0.717, 1.165) is 0 Å². The van der Waals surface area contributed by atoms with Crippen molar-refractivity contribution in [3.8, 4) is 6.07 Å². The average molecular weight is 170 g/mol. The Bertz CT molecular complexity index is 263. The Morgan fingerprint density at radius 3 is 2.58 bits per heavy atom. The lowest BCUT2D eigenvalue weighted by molar-refractivity contribution is -0.134. The molecule has 1 amide bonds. The van der Waals surface area contributed by atoms with Gasteiger partial charge in [-0.25, -0.2) is 9.59 Å². The zero-order chi connectivity index (χ0) is 9.56. The van der Waals surface area contributed by atoms with Gasteiger partial charge in [0.05, 0.1) is 6.61 Å². The van der Waals surface area contributed by atoms with Gasteiger partial charge >= 0.3 is 12.1 Å². The van der Waals surface area contributed by atoms with E-state index < -0.39 is 17.8 Å². The molecule has 0 atom stereocenters. The summed E-state index contributed by atoms with van der Waals surface area (Å²) in [6, 6.07) is 1.31. The number of hydrogen-bond acceptors (Lipinski definition) is 4. The number of amides is 1. The van der Waals surface area contributed by atoms with Crippen LogP contribution in [0.15, 0.2) is 4.99 Å². The van der Waals surface area contributed by atoms with Crippen molar-refractivity contribution in [3.05, 3.63) is 0 Å². The van der Waals surface area contributed by atoms with E-state index in [4.69, 9.17) is 10.4 Å². The topological polar surface area (TPSA) is 99.8 Å². The van der Waals surface area contributed by atoms with E-state index in [0.29, 0.717) is 0 Å². The molecule has 0 aromatic rings. The Labute approximate surface area is 68.1 Å². The molecule has 0 spiro atoms. The number of esters is 1. The predicted octanol–water partition coefficient (Wildman–Crippen LogP) is 0.192. The number of aliphatic imine (C=N–C) groups is 1. The summed E-state index contributed by atoms with van der Waals surface area (Å²) in [5.74, 6) is -1.03. The smallest absolute Gasteiger partial charge is 0.432 e. The molecule has 0 saturated carbocycles. The quantitative estimate of drug-likeness (QED) is 0.471. The van der Waals surface area contributed by atoms with E-state index in [-0.39, 0.29) is 6.61 Å². The first-order valence-corrected chi connectivity index (χ1v) is 3.00. The van der Waals surface area contributed by atoms with E-state index in [2.05, 4.69) is 9.73 Å². The molecule has 6 heteroatoms. The predicted molar refractivity (Wildman–Crippen MR) is 37.7 cm³/mol. The van der Waals surface area contributed by atoms with Gasteiger partial charge in [0.1, 0.15) is 6.07 Å². The largest absolute Gasteiger partial charge is 0.463 e. The fourth-order valence-electron chi connectivity index (χ4n) is 0.411. The molecule has 0 aromatic carbocycles. The number of carbonyl (C=O) groups excluding carboxylic acids is 1. The average Bonchev–Trinajstić information content (AvgIpc) is 2.00. The van der Waals surface area contributed by atoms with Crippen LogP contribution in [0.1, 0.15) is 6.92 Å². The molecule has 0 bridgehead atoms. The number of carbonyl (C=O) groups is 2. The second kappa shape index (κ2) is 4.85. The number of ether oxygens (including phenoxy) is 1. The van der Waals surface area contributed by atoms with Crippen molar-refractivity contribution in [2.45, 2.75) is 6.92 Å². The minimum atomic E-state index is -1.60. The molecule has 0 radical (unpaired) electrons. The number of carboxylic acid groups (broad SMARTS) is 1. The standard InChI is InChI=1S/C6H6N2O4/c1-2-12-5(9)4(3-7)8-6(10)11/h2H2,1H3,(H,10,11). The first-order valence-electron chi connectivity index (χ1n) is 3.00. The van der Waals surface area contributed by atoms with Crippen molar-refractivity contribution >= 4 is 17.8 Å². The van der Waals surface area contributed by atoms with Crippen molar-refractivity contribution in [2.75, 3.05) is 6.61 Å². The van der Waals surface area contributed by atoms with Crippen LogP contribution in [0, 0.1) is 11.3 Å². The van der Waals surface area contributed by atoms with Crippen molar-refractivity contribution in [1.82, 2.24) is 0 Å². The molecular weight excluding hydrogens is 164 g/mol. The van der Waals surface area contributed by atoms with Gasteiger partial charge in [-0.15, -0.1) is 0 Å². The minimum absolute atomic E-state index is 0.0686. The fraction of sp³-hybridized carbons (Fsp3) is 0.333. The SMILES string of the molecule is CCOC(=O)C(C#N)=NC(=O)O. The van der Waals surface area contributed by atoms with Crippen LogP contribution in [0.3, 0.4) is 0 Å². The van der Waals surface area contributed by atoms with Gasteiger partial charge in [-0.05, 0) is 6.92 Å². The summed E-state index contributed by atoms with van der Waals surface area (Å²) in [4.78, 5) is 23.3. The molecule has 0 unspecified atom stereocenters. The highest BCUT2D eigenvalue weighted by Crippen LogP contribution is 1.85. The van der Waals surface area contributed by atoms with Gasteiger partial charge in [0.2, 0.25) is 5.71 Å². The summed E-state index contributed by atoms with van der Waals surface area (Å²) in [6.45, 7) is 1.60. The van der Waals surface area contributed by atoms with Crippen molar-refractivity contribution in [2.24, 2.45) is 4.99 Å². The van der Waals surface area contributed by atoms with Crippen LogP contribution in [-0.2, 0) is 9.53 Å². The van der Waals surface area contributed by atoms with E-state index in [9.17, 15) is 9.59 Å². The van der Waals surface area contributed by atoms with Gasteiger partial charge in [0.15, 0.2) is 0 Å². The molecule has 0 heterocycles. The zero-order valence-electron chi connectivity index (χ0n) is 6.27. The Hall–Kier alpha value is -1.90. The summed E-state index contributed by atoms with van der Waals surface area (Å²) in [7, 11) is 0. The molecule has 0 aliphatic heterocycles. The maximum atomic E-state index is 10.7. The molecular formula is C6H6N2O4. The van der Waals surface area contributed by atoms with Gasteiger partial charge in [0, 0.05) is 0 Å². The number of nitriles is 1. The van der Waals surface area contributed by atoms with Gasteiger partial charge in [0.25, 0.3) is 0 Å². The van der Waals surface area contributed by atoms with Crippen LogP contribution < -0.4 is 0 Å². The summed E-state index contributed by atoms with van der Waals surface area (Å²) < 4.78 is 4.34. The molecule has 0 aromatic heterocycles. The molecule has 0 aliphatic carbocycles. The summed E-state index contributed by atoms with van der Waals surface area (Å²) in [5, 5.41) is 16.3. The number of nitrogens with zero attached hydrogens (tertiary/aromatic N) is 2. The highest BCUT2D eigenvalue weighted by molar-refractivity contribution is 6.44. The van der Waals surface area contributed by atoms with E-state index in [1.165, 1.54) is 13.0 Å². The monoisotopic (exact) mass is 170 g/mol. The Morgan fingerprint density at radius 1 is 1.67 bits per heavy atom.